The van der Waals surface area contributed by atoms with E-state index in [1.54, 1.807) is 6.92 Å². The molecule has 2 aromatic carbocycles. The Kier molecular flexibility index (Phi) is 7.52. The topological polar surface area (TPSA) is 12.9 Å². The third-order valence-corrected chi connectivity index (χ3v) is 4.92. The average Bonchev–Trinajstić information content (AvgIpc) is 2.75. The Morgan fingerprint density at radius 2 is 1.59 bits per heavy atom. The van der Waals surface area contributed by atoms with Crippen LogP contribution in [0.1, 0.15) is 37.3 Å². The second-order valence-corrected chi connectivity index (χ2v) is 7.36. The first-order valence-corrected chi connectivity index (χ1v) is 10.2. The van der Waals surface area contributed by atoms with Crippen molar-refractivity contribution in [3.63, 3.8) is 0 Å². The van der Waals surface area contributed by atoms with Gasteiger partial charge in [0.15, 0.2) is 0 Å². The maximum Gasteiger partial charge on any atom is 0.0973 e. The molecule has 29 heavy (non-hydrogen) atoms. The van der Waals surface area contributed by atoms with Gasteiger partial charge in [0.1, 0.15) is 0 Å². The van der Waals surface area contributed by atoms with Crippen molar-refractivity contribution in [3.8, 4) is 22.4 Å². The third kappa shape index (κ3) is 6.25. The van der Waals surface area contributed by atoms with E-state index >= 15 is 0 Å². The molecule has 0 radical (unpaired) electrons. The van der Waals surface area contributed by atoms with Crippen molar-refractivity contribution in [3.05, 3.63) is 96.7 Å². The van der Waals surface area contributed by atoms with Crippen LogP contribution in [-0.2, 0) is 6.42 Å². The van der Waals surface area contributed by atoms with E-state index in [0.29, 0.717) is 6.42 Å². The fraction of sp³-hybridized carbons (Fsp3) is 0.222. The number of aromatic nitrogens is 1. The molecule has 0 aliphatic carbocycles. The summed E-state index contributed by atoms with van der Waals surface area (Å²) < 4.78 is 12.8. The standard InChI is InChI=1S/C27H28FN/c1-3-7-22-10-13-24(14-11-22)25-15-17-26(18-16-25)27-19-12-23(20-29-27)9-6-4-5-8-21(2)28/h3,6,9-21H,1,4-5,7-8H2,2H3. The molecule has 1 nitrogen and oxygen atoms in total. The SMILES string of the molecule is C=CCc1ccc(-c2ccc(-c3ccc(C=CCCCC(C)F)cn3)cc2)cc1. The molecule has 1 aromatic heterocycles. The summed E-state index contributed by atoms with van der Waals surface area (Å²) in [7, 11) is 0. The van der Waals surface area contributed by atoms with E-state index in [0.717, 1.165) is 36.1 Å². The molecule has 3 rings (SSSR count). The van der Waals surface area contributed by atoms with Crippen molar-refractivity contribution in [2.45, 2.75) is 38.8 Å². The number of hydrogen-bond donors (Lipinski definition) is 0. The predicted molar refractivity (Wildman–Crippen MR) is 122 cm³/mol. The van der Waals surface area contributed by atoms with Crippen LogP contribution in [0.4, 0.5) is 4.39 Å². The maximum absolute atomic E-state index is 12.8. The molecule has 0 amide bonds. The van der Waals surface area contributed by atoms with Crippen molar-refractivity contribution in [1.82, 2.24) is 4.98 Å². The molecule has 148 valence electrons. The van der Waals surface area contributed by atoms with Crippen LogP contribution in [0.3, 0.4) is 0 Å². The minimum absolute atomic E-state index is 0.622. The first-order chi connectivity index (χ1) is 14.2. The Hall–Kier alpha value is -3.00. The Labute approximate surface area is 173 Å². The van der Waals surface area contributed by atoms with Crippen LogP contribution in [-0.4, -0.2) is 11.2 Å². The fourth-order valence-corrected chi connectivity index (χ4v) is 3.24. The maximum atomic E-state index is 12.8. The molecule has 1 atom stereocenters. The predicted octanol–water partition coefficient (Wildman–Crippen LogP) is 7.69. The van der Waals surface area contributed by atoms with E-state index < -0.39 is 6.17 Å². The van der Waals surface area contributed by atoms with Crippen molar-refractivity contribution >= 4 is 6.08 Å². The Bertz CT molecular complexity index is 920. The molecular weight excluding hydrogens is 357 g/mol. The number of allylic oxidation sites excluding steroid dienone is 2. The molecule has 0 aliphatic heterocycles. The zero-order valence-electron chi connectivity index (χ0n) is 17.0. The summed E-state index contributed by atoms with van der Waals surface area (Å²) >= 11 is 0. The smallest absolute Gasteiger partial charge is 0.0973 e. The van der Waals surface area contributed by atoms with Gasteiger partial charge in [-0.05, 0) is 60.9 Å². The van der Waals surface area contributed by atoms with Gasteiger partial charge in [0, 0.05) is 11.8 Å². The zero-order valence-corrected chi connectivity index (χ0v) is 17.0. The number of pyridine rings is 1. The molecule has 1 unspecified atom stereocenters. The van der Waals surface area contributed by atoms with Crippen LogP contribution in [0.5, 0.6) is 0 Å². The Morgan fingerprint density at radius 3 is 2.17 bits per heavy atom. The van der Waals surface area contributed by atoms with Gasteiger partial charge < -0.3 is 0 Å². The van der Waals surface area contributed by atoms with Crippen LogP contribution < -0.4 is 0 Å². The van der Waals surface area contributed by atoms with E-state index in [4.69, 9.17) is 0 Å². The highest BCUT2D eigenvalue weighted by Gasteiger charge is 2.02. The van der Waals surface area contributed by atoms with E-state index in [1.807, 2.05) is 18.3 Å². The fourth-order valence-electron chi connectivity index (χ4n) is 3.24. The summed E-state index contributed by atoms with van der Waals surface area (Å²) in [5, 5.41) is 0. The molecule has 0 saturated heterocycles. The minimum atomic E-state index is -0.715. The summed E-state index contributed by atoms with van der Waals surface area (Å²) in [4.78, 5) is 4.59. The highest BCUT2D eigenvalue weighted by Crippen LogP contribution is 2.24. The number of benzene rings is 2. The monoisotopic (exact) mass is 385 g/mol. The number of hydrogen-bond acceptors (Lipinski definition) is 1. The van der Waals surface area contributed by atoms with Crippen LogP contribution >= 0.6 is 0 Å². The lowest BCUT2D eigenvalue weighted by molar-refractivity contribution is 0.335. The average molecular weight is 386 g/mol. The van der Waals surface area contributed by atoms with Gasteiger partial charge in [-0.15, -0.1) is 6.58 Å². The highest BCUT2D eigenvalue weighted by molar-refractivity contribution is 5.69. The third-order valence-electron chi connectivity index (χ3n) is 4.92. The molecule has 0 fully saturated rings. The highest BCUT2D eigenvalue weighted by atomic mass is 19.1. The summed E-state index contributed by atoms with van der Waals surface area (Å²) in [6, 6.07) is 21.2. The van der Waals surface area contributed by atoms with Crippen molar-refractivity contribution in [1.29, 1.82) is 0 Å². The van der Waals surface area contributed by atoms with Crippen molar-refractivity contribution < 1.29 is 4.39 Å². The molecule has 0 spiro atoms. The van der Waals surface area contributed by atoms with E-state index in [-0.39, 0.29) is 0 Å². The molecule has 1 heterocycles. The Morgan fingerprint density at radius 1 is 0.931 bits per heavy atom. The first kappa shape index (κ1) is 20.7. The van der Waals surface area contributed by atoms with Crippen molar-refractivity contribution in [2.24, 2.45) is 0 Å². The van der Waals surface area contributed by atoms with Gasteiger partial charge in [-0.1, -0.05) is 72.8 Å². The van der Waals surface area contributed by atoms with Gasteiger partial charge in [0.25, 0.3) is 0 Å². The van der Waals surface area contributed by atoms with Gasteiger partial charge in [-0.25, -0.2) is 4.39 Å². The normalized spacial score (nSPS) is 12.2. The van der Waals surface area contributed by atoms with Gasteiger partial charge in [0.2, 0.25) is 0 Å². The van der Waals surface area contributed by atoms with E-state index in [9.17, 15) is 4.39 Å². The second kappa shape index (κ2) is 10.5. The molecule has 0 bridgehead atoms. The molecule has 3 aromatic rings. The summed E-state index contributed by atoms with van der Waals surface area (Å²) in [5.41, 5.74) is 6.81. The molecule has 0 aliphatic rings. The van der Waals surface area contributed by atoms with E-state index in [2.05, 4.69) is 78.3 Å². The zero-order chi connectivity index (χ0) is 20.5. The van der Waals surface area contributed by atoms with Gasteiger partial charge >= 0.3 is 0 Å². The minimum Gasteiger partial charge on any atom is -0.256 e. The van der Waals surface area contributed by atoms with Gasteiger partial charge in [-0.3, -0.25) is 4.98 Å². The van der Waals surface area contributed by atoms with Crippen LogP contribution in [0.25, 0.3) is 28.5 Å². The van der Waals surface area contributed by atoms with Crippen LogP contribution in [0.15, 0.2) is 85.6 Å². The first-order valence-electron chi connectivity index (χ1n) is 10.2. The quantitative estimate of drug-likeness (QED) is 0.272. The number of halogens is 1. The molecule has 2 heteroatoms. The second-order valence-electron chi connectivity index (χ2n) is 7.36. The number of nitrogens with zero attached hydrogens (tertiary/aromatic N) is 1. The van der Waals surface area contributed by atoms with Gasteiger partial charge in [0.05, 0.1) is 11.9 Å². The lowest BCUT2D eigenvalue weighted by atomic mass is 10.0. The van der Waals surface area contributed by atoms with E-state index in [1.165, 1.54) is 16.7 Å². The molecule has 0 saturated carbocycles. The number of rotatable bonds is 9. The largest absolute Gasteiger partial charge is 0.256 e. The Balaban J connectivity index is 1.62. The van der Waals surface area contributed by atoms with Gasteiger partial charge in [-0.2, -0.15) is 0 Å². The number of unbranched alkanes of at least 4 members (excludes halogenated alkanes) is 1. The lowest BCUT2D eigenvalue weighted by Crippen LogP contribution is -1.90. The summed E-state index contributed by atoms with van der Waals surface area (Å²) in [6.07, 6.45) is 10.5. The number of alkyl halides is 1. The molecule has 0 N–H and O–H groups in total. The summed E-state index contributed by atoms with van der Waals surface area (Å²) in [6.45, 7) is 5.40. The van der Waals surface area contributed by atoms with Crippen LogP contribution in [0, 0.1) is 0 Å². The summed E-state index contributed by atoms with van der Waals surface area (Å²) in [5.74, 6) is 0. The van der Waals surface area contributed by atoms with Crippen molar-refractivity contribution in [2.75, 3.05) is 0 Å². The molecular formula is C27H28FN. The van der Waals surface area contributed by atoms with Crippen LogP contribution in [0.2, 0.25) is 0 Å². The lowest BCUT2D eigenvalue weighted by Gasteiger charge is -2.06.